The van der Waals surface area contributed by atoms with Gasteiger partial charge in [0, 0.05) is 39.5 Å². The standard InChI is InChI=1S/C52H39N5O2/c1-2-11-38(12-3-1)57-44-15-7-4-10-32(44)18-19-34-28-33(23-27-45(34)57)43-26-22-37(31-53-43)52-55-50(35-20-24-41-39-13-5-8-16-46(39)58-48(41)29-35)54-51(56-52)36-21-25-42-40-14-6-9-17-47(40)59-49(42)30-36/h1-30,50-56H,31H2. The number of hydrogen-bond acceptors (Lipinski definition) is 7. The Bertz CT molecular complexity index is 3070. The number of nitrogens with one attached hydrogen (secondary N) is 4. The lowest BCUT2D eigenvalue weighted by Crippen LogP contribution is -2.60. The number of allylic oxidation sites excluding steroid dienone is 2. The molecule has 3 aliphatic rings. The lowest BCUT2D eigenvalue weighted by Gasteiger charge is -2.41. The molecule has 12 rings (SSSR count). The molecule has 0 aliphatic carbocycles. The van der Waals surface area contributed by atoms with E-state index in [1.807, 2.05) is 24.3 Å². The van der Waals surface area contributed by atoms with E-state index in [4.69, 9.17) is 8.83 Å². The minimum Gasteiger partial charge on any atom is -0.456 e. The summed E-state index contributed by atoms with van der Waals surface area (Å²) in [5.74, 6) is 0. The van der Waals surface area contributed by atoms with E-state index in [1.54, 1.807) is 0 Å². The van der Waals surface area contributed by atoms with Gasteiger partial charge < -0.3 is 19.1 Å². The van der Waals surface area contributed by atoms with Gasteiger partial charge >= 0.3 is 0 Å². The van der Waals surface area contributed by atoms with E-state index >= 15 is 0 Å². The minimum absolute atomic E-state index is 0.137. The predicted molar refractivity (Wildman–Crippen MR) is 240 cm³/mol. The molecule has 0 bridgehead atoms. The second kappa shape index (κ2) is 13.7. The van der Waals surface area contributed by atoms with Crippen molar-refractivity contribution in [2.45, 2.75) is 18.5 Å². The highest BCUT2D eigenvalue weighted by molar-refractivity contribution is 6.06. The number of nitrogens with zero attached hydrogens (tertiary/aromatic N) is 1. The van der Waals surface area contributed by atoms with Gasteiger partial charge in [-0.3, -0.25) is 16.0 Å². The van der Waals surface area contributed by atoms with Crippen LogP contribution in [0.15, 0.2) is 184 Å². The van der Waals surface area contributed by atoms with Crippen LogP contribution in [0.5, 0.6) is 0 Å². The molecule has 0 saturated carbocycles. The molecule has 0 amide bonds. The Morgan fingerprint density at radius 1 is 0.458 bits per heavy atom. The summed E-state index contributed by atoms with van der Waals surface area (Å²) in [4.78, 5) is 2.36. The predicted octanol–water partition coefficient (Wildman–Crippen LogP) is 11.8. The summed E-state index contributed by atoms with van der Waals surface area (Å²) in [6.45, 7) is 0.676. The third kappa shape index (κ3) is 5.86. The fourth-order valence-corrected chi connectivity index (χ4v) is 9.05. The molecule has 9 aromatic rings. The van der Waals surface area contributed by atoms with Crippen LogP contribution in [0.3, 0.4) is 0 Å². The molecule has 1 saturated heterocycles. The Labute approximate surface area is 340 Å². The Morgan fingerprint density at radius 2 is 1.03 bits per heavy atom. The van der Waals surface area contributed by atoms with Gasteiger partial charge in [0.1, 0.15) is 22.3 Å². The molecule has 2 atom stereocenters. The number of rotatable bonds is 5. The van der Waals surface area contributed by atoms with Crippen molar-refractivity contribution in [3.8, 4) is 0 Å². The molecule has 284 valence electrons. The van der Waals surface area contributed by atoms with Crippen molar-refractivity contribution in [2.75, 3.05) is 11.4 Å². The molecule has 5 heterocycles. The lowest BCUT2D eigenvalue weighted by molar-refractivity contribution is 0.220. The quantitative estimate of drug-likeness (QED) is 0.139. The molecule has 7 nitrogen and oxygen atoms in total. The molecule has 0 radical (unpaired) electrons. The Hall–Kier alpha value is -7.16. The molecular formula is C52H39N5O2. The van der Waals surface area contributed by atoms with E-state index in [0.717, 1.165) is 88.9 Å². The van der Waals surface area contributed by atoms with E-state index in [9.17, 15) is 0 Å². The van der Waals surface area contributed by atoms with E-state index in [0.29, 0.717) is 6.54 Å². The van der Waals surface area contributed by atoms with Crippen molar-refractivity contribution in [1.29, 1.82) is 0 Å². The second-order valence-electron chi connectivity index (χ2n) is 15.5. The van der Waals surface area contributed by atoms with Gasteiger partial charge in [0.2, 0.25) is 0 Å². The smallest absolute Gasteiger partial charge is 0.135 e. The highest BCUT2D eigenvalue weighted by atomic mass is 16.3. The zero-order valence-electron chi connectivity index (χ0n) is 32.0. The molecule has 0 spiro atoms. The van der Waals surface area contributed by atoms with Crippen LogP contribution < -0.4 is 26.2 Å². The summed E-state index contributed by atoms with van der Waals surface area (Å²) in [6.07, 6.45) is 8.45. The number of furan rings is 2. The average Bonchev–Trinajstić information content (AvgIpc) is 3.81. The van der Waals surface area contributed by atoms with Crippen LogP contribution in [-0.4, -0.2) is 12.7 Å². The maximum Gasteiger partial charge on any atom is 0.135 e. The number of dihydropyridines is 1. The highest BCUT2D eigenvalue weighted by Gasteiger charge is 2.32. The summed E-state index contributed by atoms with van der Waals surface area (Å²) in [5, 5.41) is 19.9. The van der Waals surface area contributed by atoms with Crippen molar-refractivity contribution >= 4 is 78.8 Å². The van der Waals surface area contributed by atoms with Gasteiger partial charge in [0.15, 0.2) is 0 Å². The molecule has 7 aromatic carbocycles. The zero-order chi connectivity index (χ0) is 38.9. The van der Waals surface area contributed by atoms with E-state index in [2.05, 4.69) is 184 Å². The van der Waals surface area contributed by atoms with Crippen molar-refractivity contribution < 1.29 is 8.83 Å². The molecular weight excluding hydrogens is 727 g/mol. The second-order valence-corrected chi connectivity index (χ2v) is 15.5. The van der Waals surface area contributed by atoms with Gasteiger partial charge in [0.05, 0.1) is 29.9 Å². The lowest BCUT2D eigenvalue weighted by atomic mass is 9.99. The SMILES string of the molecule is C1=Cc2cc(C3=CC=C(C4NC(c5ccc6c(c5)oc5ccccc56)NC(c5ccc6c(c5)oc5ccccc56)N4)CN3)ccc2N(c2ccccc2)c2ccccc21. The first kappa shape index (κ1) is 33.9. The fraction of sp³-hybridized carbons (Fsp3) is 0.0769. The number of benzene rings is 7. The molecule has 59 heavy (non-hydrogen) atoms. The van der Waals surface area contributed by atoms with Gasteiger partial charge in [0.25, 0.3) is 0 Å². The normalized spacial score (nSPS) is 19.0. The third-order valence-corrected chi connectivity index (χ3v) is 12.0. The Morgan fingerprint density at radius 3 is 1.71 bits per heavy atom. The Balaban J connectivity index is 0.887. The first-order valence-electron chi connectivity index (χ1n) is 20.2. The van der Waals surface area contributed by atoms with Crippen LogP contribution in [0.1, 0.15) is 40.1 Å². The Kier molecular flexibility index (Phi) is 7.91. The summed E-state index contributed by atoms with van der Waals surface area (Å²) >= 11 is 0. The molecule has 1 fully saturated rings. The van der Waals surface area contributed by atoms with Crippen LogP contribution in [0, 0.1) is 0 Å². The minimum atomic E-state index is -0.172. The molecule has 2 unspecified atom stereocenters. The van der Waals surface area contributed by atoms with E-state index in [1.165, 1.54) is 11.1 Å². The van der Waals surface area contributed by atoms with Gasteiger partial charge in [-0.15, -0.1) is 0 Å². The molecule has 7 heteroatoms. The van der Waals surface area contributed by atoms with Gasteiger partial charge in [-0.05, 0) is 94.1 Å². The topological polar surface area (TPSA) is 77.6 Å². The van der Waals surface area contributed by atoms with Gasteiger partial charge in [-0.1, -0.05) is 121 Å². The third-order valence-electron chi connectivity index (χ3n) is 12.0. The molecule has 3 aliphatic heterocycles. The van der Waals surface area contributed by atoms with E-state index < -0.39 is 0 Å². The van der Waals surface area contributed by atoms with Crippen LogP contribution in [0.25, 0.3) is 61.7 Å². The van der Waals surface area contributed by atoms with E-state index in [-0.39, 0.29) is 18.5 Å². The van der Waals surface area contributed by atoms with Crippen LogP contribution >= 0.6 is 0 Å². The van der Waals surface area contributed by atoms with Crippen molar-refractivity contribution in [3.05, 3.63) is 203 Å². The first-order valence-corrected chi connectivity index (χ1v) is 20.2. The largest absolute Gasteiger partial charge is 0.456 e. The number of fused-ring (bicyclic) bond motifs is 8. The highest BCUT2D eigenvalue weighted by Crippen LogP contribution is 2.43. The average molecular weight is 766 g/mol. The monoisotopic (exact) mass is 765 g/mol. The fourth-order valence-electron chi connectivity index (χ4n) is 9.05. The van der Waals surface area contributed by atoms with Crippen LogP contribution in [-0.2, 0) is 0 Å². The summed E-state index contributed by atoms with van der Waals surface area (Å²) in [5.41, 5.74) is 15.0. The zero-order valence-corrected chi connectivity index (χ0v) is 32.0. The van der Waals surface area contributed by atoms with Crippen molar-refractivity contribution in [1.82, 2.24) is 21.3 Å². The van der Waals surface area contributed by atoms with Crippen LogP contribution in [0.4, 0.5) is 17.1 Å². The maximum absolute atomic E-state index is 6.34. The number of para-hydroxylation sites is 4. The molecule has 4 N–H and O–H groups in total. The summed E-state index contributed by atoms with van der Waals surface area (Å²) < 4.78 is 12.7. The van der Waals surface area contributed by atoms with Crippen molar-refractivity contribution in [3.63, 3.8) is 0 Å². The summed E-state index contributed by atoms with van der Waals surface area (Å²) in [7, 11) is 0. The molecule has 2 aromatic heterocycles. The first-order chi connectivity index (χ1) is 29.2. The summed E-state index contributed by atoms with van der Waals surface area (Å²) in [6, 6.07) is 55.5. The van der Waals surface area contributed by atoms with Gasteiger partial charge in [-0.25, -0.2) is 0 Å². The van der Waals surface area contributed by atoms with Gasteiger partial charge in [-0.2, -0.15) is 0 Å². The van der Waals surface area contributed by atoms with Crippen molar-refractivity contribution in [2.24, 2.45) is 0 Å². The number of hydrogen-bond donors (Lipinski definition) is 4. The maximum atomic E-state index is 6.34. The van der Waals surface area contributed by atoms with Crippen LogP contribution in [0.2, 0.25) is 0 Å². The number of anilines is 3.